The van der Waals surface area contributed by atoms with E-state index >= 15 is 0 Å². The van der Waals surface area contributed by atoms with E-state index in [1.165, 1.54) is 65.1 Å². The Morgan fingerprint density at radius 1 is 1.06 bits per heavy atom. The van der Waals surface area contributed by atoms with Gasteiger partial charge in [-0.1, -0.05) is 0 Å². The zero-order chi connectivity index (χ0) is 13.0. The summed E-state index contributed by atoms with van der Waals surface area (Å²) in [4.78, 5) is 7.02. The molecule has 2 aliphatic rings. The maximum atomic E-state index is 2.68. The number of rotatable bonds is 4. The van der Waals surface area contributed by atoms with Crippen LogP contribution >= 0.6 is 0 Å². The fraction of sp³-hybridized carbons (Fsp3) is 1.00. The Morgan fingerprint density at radius 2 is 1.67 bits per heavy atom. The van der Waals surface area contributed by atoms with Gasteiger partial charge in [0.05, 0.1) is 20.1 Å². The molecule has 2 aliphatic heterocycles. The standard InChI is InChI=1S/C15H31N3/c1-14(2)18-8-5-15(6-9-18)4-7-17-12-10-16(3)11-13-17/h14-15H,4-13H2,1-3H3/p+1. The van der Waals surface area contributed by atoms with Gasteiger partial charge in [-0.15, -0.1) is 0 Å². The fourth-order valence-corrected chi connectivity index (χ4v) is 3.28. The van der Waals surface area contributed by atoms with Crippen LogP contribution in [0.1, 0.15) is 33.1 Å². The van der Waals surface area contributed by atoms with Crippen molar-refractivity contribution in [2.45, 2.75) is 39.2 Å². The molecule has 2 rings (SSSR count). The van der Waals surface area contributed by atoms with Crippen molar-refractivity contribution in [3.05, 3.63) is 0 Å². The predicted octanol–water partition coefficient (Wildman–Crippen LogP) is 0.327. The van der Waals surface area contributed by atoms with Crippen LogP contribution in [0.15, 0.2) is 0 Å². The maximum Gasteiger partial charge on any atom is 0.0898 e. The van der Waals surface area contributed by atoms with Crippen LogP contribution in [0.3, 0.4) is 0 Å². The van der Waals surface area contributed by atoms with Crippen molar-refractivity contribution in [3.63, 3.8) is 0 Å². The lowest BCUT2D eigenvalue weighted by atomic mass is 9.92. The van der Waals surface area contributed by atoms with Crippen LogP contribution in [0.4, 0.5) is 0 Å². The Balaban J connectivity index is 1.60. The number of hydrogen-bond acceptors (Lipinski definition) is 2. The molecule has 0 amide bonds. The predicted molar refractivity (Wildman–Crippen MR) is 77.1 cm³/mol. The Morgan fingerprint density at radius 3 is 2.22 bits per heavy atom. The van der Waals surface area contributed by atoms with Crippen molar-refractivity contribution < 1.29 is 4.90 Å². The molecule has 0 aliphatic carbocycles. The molecule has 2 fully saturated rings. The molecule has 0 aromatic carbocycles. The molecular formula is C15H32N3+. The highest BCUT2D eigenvalue weighted by Gasteiger charge is 2.22. The van der Waals surface area contributed by atoms with Crippen LogP contribution < -0.4 is 4.90 Å². The first-order chi connectivity index (χ1) is 8.65. The third-order valence-electron chi connectivity index (χ3n) is 4.94. The van der Waals surface area contributed by atoms with Gasteiger partial charge in [-0.25, -0.2) is 0 Å². The minimum atomic E-state index is 0.742. The minimum absolute atomic E-state index is 0.742. The summed E-state index contributed by atoms with van der Waals surface area (Å²) in [5.41, 5.74) is 0. The van der Waals surface area contributed by atoms with Crippen molar-refractivity contribution in [1.29, 1.82) is 0 Å². The fourth-order valence-electron chi connectivity index (χ4n) is 3.28. The van der Waals surface area contributed by atoms with E-state index in [1.54, 1.807) is 4.90 Å². The van der Waals surface area contributed by atoms with E-state index in [4.69, 9.17) is 0 Å². The van der Waals surface area contributed by atoms with Crippen LogP contribution in [-0.2, 0) is 0 Å². The molecule has 2 saturated heterocycles. The topological polar surface area (TPSA) is 10.9 Å². The zero-order valence-corrected chi connectivity index (χ0v) is 12.6. The van der Waals surface area contributed by atoms with Crippen molar-refractivity contribution in [3.8, 4) is 0 Å². The number of likely N-dealkylation sites (N-methyl/N-ethyl adjacent to an activating group) is 1. The summed E-state index contributed by atoms with van der Waals surface area (Å²) in [5, 5.41) is 0. The highest BCUT2D eigenvalue weighted by atomic mass is 15.2. The highest BCUT2D eigenvalue weighted by molar-refractivity contribution is 4.75. The Bertz CT molecular complexity index is 226. The van der Waals surface area contributed by atoms with Gasteiger partial charge in [0.25, 0.3) is 0 Å². The second-order valence-corrected chi connectivity index (χ2v) is 6.66. The summed E-state index contributed by atoms with van der Waals surface area (Å²) >= 11 is 0. The second kappa shape index (κ2) is 6.88. The van der Waals surface area contributed by atoms with Gasteiger partial charge < -0.3 is 9.80 Å². The summed E-state index contributed by atoms with van der Waals surface area (Å²) in [6.45, 7) is 14.0. The summed E-state index contributed by atoms with van der Waals surface area (Å²) in [7, 11) is 2.32. The Labute approximate surface area is 113 Å². The van der Waals surface area contributed by atoms with E-state index in [-0.39, 0.29) is 0 Å². The minimum Gasteiger partial charge on any atom is -0.335 e. The van der Waals surface area contributed by atoms with Gasteiger partial charge in [0.15, 0.2) is 0 Å². The molecule has 0 atom stereocenters. The zero-order valence-electron chi connectivity index (χ0n) is 12.6. The van der Waals surface area contributed by atoms with Gasteiger partial charge in [-0.2, -0.15) is 0 Å². The normalized spacial score (nSPS) is 26.0. The van der Waals surface area contributed by atoms with E-state index in [2.05, 4.69) is 30.7 Å². The molecule has 3 heteroatoms. The molecular weight excluding hydrogens is 222 g/mol. The van der Waals surface area contributed by atoms with Crippen LogP contribution in [0.2, 0.25) is 0 Å². The molecule has 0 aromatic heterocycles. The summed E-state index contributed by atoms with van der Waals surface area (Å²) in [5.74, 6) is 0.993. The van der Waals surface area contributed by atoms with E-state index in [1.807, 2.05) is 0 Å². The molecule has 18 heavy (non-hydrogen) atoms. The van der Waals surface area contributed by atoms with Crippen LogP contribution in [0, 0.1) is 5.92 Å². The number of quaternary nitrogens is 1. The van der Waals surface area contributed by atoms with Gasteiger partial charge in [0, 0.05) is 19.1 Å². The molecule has 3 nitrogen and oxygen atoms in total. The van der Waals surface area contributed by atoms with Crippen molar-refractivity contribution in [1.82, 2.24) is 9.80 Å². The van der Waals surface area contributed by atoms with Gasteiger partial charge >= 0.3 is 0 Å². The van der Waals surface area contributed by atoms with E-state index < -0.39 is 0 Å². The molecule has 0 radical (unpaired) electrons. The molecule has 0 aromatic rings. The maximum absolute atomic E-state index is 2.68. The largest absolute Gasteiger partial charge is 0.335 e. The quantitative estimate of drug-likeness (QED) is 0.775. The monoisotopic (exact) mass is 254 g/mol. The van der Waals surface area contributed by atoms with Crippen LogP contribution in [0.25, 0.3) is 0 Å². The van der Waals surface area contributed by atoms with E-state index in [0.29, 0.717) is 0 Å². The average molecular weight is 254 g/mol. The number of piperidine rings is 1. The third kappa shape index (κ3) is 4.22. The Kier molecular flexibility index (Phi) is 5.46. The second-order valence-electron chi connectivity index (χ2n) is 6.66. The number of nitrogens with zero attached hydrogens (tertiary/aromatic N) is 2. The first-order valence-electron chi connectivity index (χ1n) is 7.93. The average Bonchev–Trinajstić information content (AvgIpc) is 2.38. The van der Waals surface area contributed by atoms with E-state index in [0.717, 1.165) is 12.0 Å². The van der Waals surface area contributed by atoms with Gasteiger partial charge in [-0.3, -0.25) is 4.90 Å². The number of nitrogens with one attached hydrogen (secondary N) is 1. The van der Waals surface area contributed by atoms with Gasteiger partial charge in [0.2, 0.25) is 0 Å². The van der Waals surface area contributed by atoms with Gasteiger partial charge in [-0.05, 0) is 58.7 Å². The third-order valence-corrected chi connectivity index (χ3v) is 4.94. The summed E-state index contributed by atoms with van der Waals surface area (Å²) < 4.78 is 0. The number of hydrogen-bond donors (Lipinski definition) is 1. The molecule has 0 bridgehead atoms. The molecule has 0 saturated carbocycles. The summed E-state index contributed by atoms with van der Waals surface area (Å²) in [6.07, 6.45) is 4.29. The summed E-state index contributed by atoms with van der Waals surface area (Å²) in [6, 6.07) is 0.742. The molecule has 1 N–H and O–H groups in total. The van der Waals surface area contributed by atoms with Crippen molar-refractivity contribution >= 4 is 0 Å². The van der Waals surface area contributed by atoms with Crippen molar-refractivity contribution in [2.75, 3.05) is 52.9 Å². The first-order valence-corrected chi connectivity index (χ1v) is 7.93. The lowest BCUT2D eigenvalue weighted by Gasteiger charge is -2.36. The van der Waals surface area contributed by atoms with Gasteiger partial charge in [0.1, 0.15) is 0 Å². The molecule has 106 valence electrons. The van der Waals surface area contributed by atoms with Crippen LogP contribution in [0.5, 0.6) is 0 Å². The van der Waals surface area contributed by atoms with E-state index in [9.17, 15) is 0 Å². The lowest BCUT2D eigenvalue weighted by Crippen LogP contribution is -3.11. The highest BCUT2D eigenvalue weighted by Crippen LogP contribution is 2.22. The number of likely N-dealkylation sites (tertiary alicyclic amines) is 1. The lowest BCUT2D eigenvalue weighted by molar-refractivity contribution is -0.884. The van der Waals surface area contributed by atoms with Crippen molar-refractivity contribution in [2.24, 2.45) is 5.92 Å². The Hall–Kier alpha value is -0.120. The smallest absolute Gasteiger partial charge is 0.0898 e. The van der Waals surface area contributed by atoms with Crippen LogP contribution in [-0.4, -0.2) is 68.7 Å². The molecule has 0 unspecified atom stereocenters. The molecule has 0 spiro atoms. The molecule has 2 heterocycles. The SMILES string of the molecule is CC(C)N1CCC(CCN2CC[NH+](C)CC2)CC1. The first kappa shape index (κ1) is 14.3. The number of piperazine rings is 1.